The molecule has 4 rings (SSSR count). The third kappa shape index (κ3) is 5.59. The number of piperidine rings is 1. The summed E-state index contributed by atoms with van der Waals surface area (Å²) in [4.78, 5) is 43.7. The lowest BCUT2D eigenvalue weighted by Gasteiger charge is -2.41. The zero-order valence-electron chi connectivity index (χ0n) is 19.2. The quantitative estimate of drug-likeness (QED) is 0.443. The van der Waals surface area contributed by atoms with E-state index in [1.807, 2.05) is 4.90 Å². The molecule has 0 spiro atoms. The number of carbonyl (C=O) groups is 3. The molecule has 32 heavy (non-hydrogen) atoms. The average molecular weight is 451 g/mol. The van der Waals surface area contributed by atoms with Crippen molar-refractivity contribution < 1.29 is 19.1 Å². The van der Waals surface area contributed by atoms with Crippen LogP contribution in [0.15, 0.2) is 0 Å². The molecular weight excluding hydrogens is 412 g/mol. The van der Waals surface area contributed by atoms with E-state index in [1.54, 1.807) is 0 Å². The van der Waals surface area contributed by atoms with Crippen LogP contribution in [0.4, 0.5) is 0 Å². The van der Waals surface area contributed by atoms with Crippen molar-refractivity contribution in [2.45, 2.75) is 62.8 Å². The number of carbonyl (C=O) groups excluding carboxylic acids is 3. The van der Waals surface area contributed by atoms with Crippen LogP contribution < -0.4 is 16.0 Å². The molecule has 0 radical (unpaired) electrons. The number of rotatable bonds is 7. The van der Waals surface area contributed by atoms with Crippen molar-refractivity contribution in [1.82, 2.24) is 30.7 Å². The zero-order valence-corrected chi connectivity index (χ0v) is 19.2. The molecular formula is C22H38N6O4. The third-order valence-corrected chi connectivity index (χ3v) is 7.35. The van der Waals surface area contributed by atoms with E-state index in [0.29, 0.717) is 32.1 Å². The highest BCUT2D eigenvalue weighted by Gasteiger charge is 2.43. The van der Waals surface area contributed by atoms with E-state index in [9.17, 15) is 14.4 Å². The van der Waals surface area contributed by atoms with Crippen LogP contribution >= 0.6 is 0 Å². The number of nitrogens with one attached hydrogen (secondary N) is 3. The van der Waals surface area contributed by atoms with Gasteiger partial charge in [-0.05, 0) is 38.6 Å². The highest BCUT2D eigenvalue weighted by molar-refractivity contribution is 5.84. The van der Waals surface area contributed by atoms with Crippen LogP contribution in [0.1, 0.15) is 38.5 Å². The van der Waals surface area contributed by atoms with Gasteiger partial charge in [0.15, 0.2) is 0 Å². The summed E-state index contributed by atoms with van der Waals surface area (Å²) in [5, 5.41) is 9.54. The Labute approximate surface area is 190 Å². The largest absolute Gasteiger partial charge is 0.375 e. The Hall–Kier alpha value is -1.75. The standard InChI is InChI=1S/C22H38N6O4/c1-32-15-20(29)25-16-12-18-22(31)24-13-17(28(18)14-16)5-6-21(30)27-10-8-26(9-11-27)19-4-2-3-7-23-19/h16-19,23H,2-15H2,1H3,(H,24,31)(H,25,29). The molecule has 0 aliphatic carbocycles. The van der Waals surface area contributed by atoms with Crippen molar-refractivity contribution in [2.75, 3.05) is 59.5 Å². The fourth-order valence-corrected chi connectivity index (χ4v) is 5.62. The van der Waals surface area contributed by atoms with Gasteiger partial charge in [0, 0.05) is 64.9 Å². The SMILES string of the molecule is COCC(=O)NC1CC2C(=O)NCC(CCC(=O)N3CCN(C4CCCCN4)CC3)N2C1. The lowest BCUT2D eigenvalue weighted by Crippen LogP contribution is -2.58. The molecule has 10 heteroatoms. The summed E-state index contributed by atoms with van der Waals surface area (Å²) >= 11 is 0. The van der Waals surface area contributed by atoms with Gasteiger partial charge in [-0.25, -0.2) is 0 Å². The van der Waals surface area contributed by atoms with Gasteiger partial charge in [-0.15, -0.1) is 0 Å². The number of ether oxygens (including phenoxy) is 1. The first-order valence-electron chi connectivity index (χ1n) is 12.1. The summed E-state index contributed by atoms with van der Waals surface area (Å²) in [5.74, 6) is 0.0643. The van der Waals surface area contributed by atoms with E-state index in [4.69, 9.17) is 4.74 Å². The van der Waals surface area contributed by atoms with Gasteiger partial charge < -0.3 is 25.6 Å². The molecule has 0 aromatic carbocycles. The number of piperazine rings is 2. The van der Waals surface area contributed by atoms with Crippen LogP contribution in [0.2, 0.25) is 0 Å². The second-order valence-corrected chi connectivity index (χ2v) is 9.47. The van der Waals surface area contributed by atoms with Crippen molar-refractivity contribution in [3.05, 3.63) is 0 Å². The minimum atomic E-state index is -0.233. The van der Waals surface area contributed by atoms with E-state index in [2.05, 4.69) is 25.8 Å². The van der Waals surface area contributed by atoms with Crippen molar-refractivity contribution in [1.29, 1.82) is 0 Å². The summed E-state index contributed by atoms with van der Waals surface area (Å²) in [7, 11) is 1.49. The smallest absolute Gasteiger partial charge is 0.246 e. The Morgan fingerprint density at radius 2 is 2.00 bits per heavy atom. The normalized spacial score (nSPS) is 31.8. The van der Waals surface area contributed by atoms with Gasteiger partial charge in [-0.1, -0.05) is 0 Å². The summed E-state index contributed by atoms with van der Waals surface area (Å²) < 4.78 is 4.88. The molecule has 3 amide bonds. The Morgan fingerprint density at radius 1 is 1.19 bits per heavy atom. The van der Waals surface area contributed by atoms with Gasteiger partial charge >= 0.3 is 0 Å². The summed E-state index contributed by atoms with van der Waals surface area (Å²) in [5.41, 5.74) is 0. The molecule has 0 aromatic rings. The summed E-state index contributed by atoms with van der Waals surface area (Å²) in [6.07, 6.45) is 6.02. The first-order valence-corrected chi connectivity index (χ1v) is 12.1. The molecule has 4 atom stereocenters. The number of hydrogen-bond acceptors (Lipinski definition) is 7. The van der Waals surface area contributed by atoms with Gasteiger partial charge in [0.25, 0.3) is 0 Å². The molecule has 0 aromatic heterocycles. The first kappa shape index (κ1) is 23.4. The van der Waals surface area contributed by atoms with Crippen LogP contribution in [0.5, 0.6) is 0 Å². The second kappa shape index (κ2) is 10.9. The van der Waals surface area contributed by atoms with Crippen molar-refractivity contribution >= 4 is 17.7 Å². The van der Waals surface area contributed by atoms with Crippen molar-refractivity contribution in [3.8, 4) is 0 Å². The lowest BCUT2D eigenvalue weighted by molar-refractivity contribution is -0.134. The predicted octanol–water partition coefficient (Wildman–Crippen LogP) is -1.29. The average Bonchev–Trinajstić information content (AvgIpc) is 3.24. The van der Waals surface area contributed by atoms with E-state index in [-0.39, 0.29) is 42.5 Å². The Bertz CT molecular complexity index is 677. The van der Waals surface area contributed by atoms with Crippen LogP contribution in [0, 0.1) is 0 Å². The Balaban J connectivity index is 1.23. The third-order valence-electron chi connectivity index (χ3n) is 7.35. The predicted molar refractivity (Wildman–Crippen MR) is 119 cm³/mol. The molecule has 0 bridgehead atoms. The van der Waals surface area contributed by atoms with Crippen LogP contribution in [-0.2, 0) is 19.1 Å². The molecule has 4 aliphatic rings. The fourth-order valence-electron chi connectivity index (χ4n) is 5.62. The fraction of sp³-hybridized carbons (Fsp3) is 0.864. The van der Waals surface area contributed by atoms with Crippen LogP contribution in [-0.4, -0.2) is 116 Å². The molecule has 0 saturated carbocycles. The van der Waals surface area contributed by atoms with Gasteiger partial charge in [0.1, 0.15) is 6.61 Å². The highest BCUT2D eigenvalue weighted by Crippen LogP contribution is 2.26. The van der Waals surface area contributed by atoms with Gasteiger partial charge in [0.05, 0.1) is 12.2 Å². The molecule has 3 N–H and O–H groups in total. The Kier molecular flexibility index (Phi) is 7.98. The first-order chi connectivity index (χ1) is 15.5. The number of methoxy groups -OCH3 is 1. The summed E-state index contributed by atoms with van der Waals surface area (Å²) in [6.45, 7) is 5.75. The number of nitrogens with zero attached hydrogens (tertiary/aromatic N) is 3. The van der Waals surface area contributed by atoms with E-state index < -0.39 is 0 Å². The van der Waals surface area contributed by atoms with Gasteiger partial charge in [-0.2, -0.15) is 0 Å². The number of fused-ring (bicyclic) bond motifs is 1. The second-order valence-electron chi connectivity index (χ2n) is 9.47. The van der Waals surface area contributed by atoms with E-state index >= 15 is 0 Å². The zero-order chi connectivity index (χ0) is 22.5. The molecule has 4 aliphatic heterocycles. The topological polar surface area (TPSA) is 106 Å². The van der Waals surface area contributed by atoms with Gasteiger partial charge in [-0.3, -0.25) is 24.2 Å². The highest BCUT2D eigenvalue weighted by atomic mass is 16.5. The summed E-state index contributed by atoms with van der Waals surface area (Å²) in [6, 6.07) is -0.173. The molecule has 10 nitrogen and oxygen atoms in total. The Morgan fingerprint density at radius 3 is 2.72 bits per heavy atom. The van der Waals surface area contributed by atoms with E-state index in [1.165, 1.54) is 26.4 Å². The minimum Gasteiger partial charge on any atom is -0.375 e. The molecule has 180 valence electrons. The molecule has 4 unspecified atom stereocenters. The van der Waals surface area contributed by atoms with Crippen LogP contribution in [0.25, 0.3) is 0 Å². The maximum absolute atomic E-state index is 12.9. The number of hydrogen-bond donors (Lipinski definition) is 3. The molecule has 4 fully saturated rings. The van der Waals surface area contributed by atoms with E-state index in [0.717, 1.165) is 39.1 Å². The van der Waals surface area contributed by atoms with Crippen molar-refractivity contribution in [3.63, 3.8) is 0 Å². The van der Waals surface area contributed by atoms with Crippen LogP contribution in [0.3, 0.4) is 0 Å². The maximum atomic E-state index is 12.9. The van der Waals surface area contributed by atoms with Gasteiger partial charge in [0.2, 0.25) is 17.7 Å². The van der Waals surface area contributed by atoms with Crippen molar-refractivity contribution in [2.24, 2.45) is 0 Å². The minimum absolute atomic E-state index is 0.0171. The molecule has 4 heterocycles. The maximum Gasteiger partial charge on any atom is 0.246 e. The lowest BCUT2D eigenvalue weighted by atomic mass is 10.0. The monoisotopic (exact) mass is 450 g/mol. The number of amides is 3. The molecule has 4 saturated heterocycles.